The molecule has 0 unspecified atom stereocenters. The molecule has 1 atom stereocenters. The van der Waals surface area contributed by atoms with Crippen molar-refractivity contribution in [2.45, 2.75) is 96.6 Å². The van der Waals surface area contributed by atoms with E-state index in [-0.39, 0.29) is 61.1 Å². The number of rotatable bonds is 16. The number of imide groups is 1. The molecule has 73 heavy (non-hydrogen) atoms. The first kappa shape index (κ1) is 49.9. The van der Waals surface area contributed by atoms with Crippen molar-refractivity contribution in [1.29, 1.82) is 0 Å². The van der Waals surface area contributed by atoms with Crippen LogP contribution in [0.15, 0.2) is 60.0 Å². The Morgan fingerprint density at radius 2 is 1.66 bits per heavy atom. The quantitative estimate of drug-likeness (QED) is 0.0978. The van der Waals surface area contributed by atoms with Crippen LogP contribution in [-0.4, -0.2) is 116 Å². The Bertz CT molecular complexity index is 2920. The second kappa shape index (κ2) is 23.5. The molecule has 2 N–H and O–H groups in total. The maximum atomic E-state index is 14.0. The molecule has 1 saturated carbocycles. The third-order valence-corrected chi connectivity index (χ3v) is 16.8. The van der Waals surface area contributed by atoms with Gasteiger partial charge in [-0.3, -0.25) is 24.6 Å². The van der Waals surface area contributed by atoms with Gasteiger partial charge in [-0.25, -0.2) is 14.8 Å². The van der Waals surface area contributed by atoms with E-state index < -0.39 is 12.6 Å². The highest BCUT2D eigenvalue weighted by molar-refractivity contribution is 7.10. The van der Waals surface area contributed by atoms with Gasteiger partial charge in [0.05, 0.1) is 32.1 Å². The van der Waals surface area contributed by atoms with Crippen LogP contribution in [0.2, 0.25) is 10.0 Å². The smallest absolute Gasteiger partial charge is 0.328 e. The van der Waals surface area contributed by atoms with Gasteiger partial charge in [0, 0.05) is 97.3 Å². The van der Waals surface area contributed by atoms with Crippen LogP contribution in [0.3, 0.4) is 0 Å². The van der Waals surface area contributed by atoms with Crippen molar-refractivity contribution in [3.8, 4) is 16.9 Å². The van der Waals surface area contributed by atoms with E-state index in [1.807, 2.05) is 30.0 Å². The average molecular weight is 1050 g/mol. The largest absolute Gasteiger partial charge is 0.496 e. The van der Waals surface area contributed by atoms with Crippen LogP contribution in [0.1, 0.15) is 118 Å². The molecule has 14 nitrogen and oxygen atoms in total. The average Bonchev–Trinajstić information content (AvgIpc) is 3.89. The third kappa shape index (κ3) is 12.3. The summed E-state index contributed by atoms with van der Waals surface area (Å²) in [5.74, 6) is 2.08. The number of ether oxygens (including phenoxy) is 2. The summed E-state index contributed by atoms with van der Waals surface area (Å²) in [5.41, 5.74) is 6.02. The lowest BCUT2D eigenvalue weighted by Gasteiger charge is -2.36. The number of urea groups is 1. The first-order valence-electron chi connectivity index (χ1n) is 26.7. The van der Waals surface area contributed by atoms with E-state index >= 15 is 0 Å². The fraction of sp³-hybridized carbons (Fsp3) is 0.500. The van der Waals surface area contributed by atoms with Crippen LogP contribution < -0.4 is 20.3 Å². The van der Waals surface area contributed by atoms with E-state index in [1.165, 1.54) is 15.3 Å². The number of hydrogen-bond acceptors (Lipinski definition) is 11. The van der Waals surface area contributed by atoms with Crippen molar-refractivity contribution >= 4 is 80.7 Å². The second-order valence-electron chi connectivity index (χ2n) is 20.4. The number of benzene rings is 3. The van der Waals surface area contributed by atoms with Crippen molar-refractivity contribution in [2.75, 3.05) is 77.3 Å². The van der Waals surface area contributed by atoms with Gasteiger partial charge in [-0.2, -0.15) is 0 Å². The summed E-state index contributed by atoms with van der Waals surface area (Å²) in [7, 11) is 5.83. The Labute approximate surface area is 445 Å². The zero-order valence-corrected chi connectivity index (χ0v) is 44.8. The number of nitrogens with one attached hydrogen (secondary N) is 2. The van der Waals surface area contributed by atoms with Gasteiger partial charge in [-0.1, -0.05) is 35.3 Å². The van der Waals surface area contributed by atoms with Gasteiger partial charge in [0.25, 0.3) is 5.91 Å². The molecular formula is C56H68Cl2N8O6S. The Balaban J connectivity index is 0.736. The fourth-order valence-electron chi connectivity index (χ4n) is 11.0. The topological polar surface area (TPSA) is 150 Å². The third-order valence-electron chi connectivity index (χ3n) is 15.1. The van der Waals surface area contributed by atoms with E-state index in [0.29, 0.717) is 67.0 Å². The van der Waals surface area contributed by atoms with Crippen LogP contribution in [0, 0.1) is 24.7 Å². The van der Waals surface area contributed by atoms with Gasteiger partial charge in [-0.15, -0.1) is 11.3 Å². The molecule has 5 amide bonds. The van der Waals surface area contributed by atoms with E-state index in [0.717, 1.165) is 95.7 Å². The van der Waals surface area contributed by atoms with E-state index in [4.69, 9.17) is 45.4 Å². The van der Waals surface area contributed by atoms with Crippen LogP contribution in [-0.2, 0) is 20.9 Å². The molecule has 9 rings (SSSR count). The van der Waals surface area contributed by atoms with Gasteiger partial charge >= 0.3 is 6.03 Å². The number of carbonyl (C=O) groups excluding carboxylic acids is 4. The molecule has 0 radical (unpaired) electrons. The molecule has 4 aliphatic rings. The summed E-state index contributed by atoms with van der Waals surface area (Å²) >= 11 is 14.9. The number of fused-ring (bicyclic) bond motifs is 1. The van der Waals surface area contributed by atoms with E-state index in [9.17, 15) is 19.2 Å². The SMILES string of the molecule is [2H]C([2H])(OCCC1CCN(C(=O)C2CCC(c3cc4c(N[C@H](C)c5cc(-c6c(Cl)cccc6CN(C)C)cs5)nc(C)nc4cc3OC)CC2)CC1)C1CCN(C(=O)c2ccc(Cl)c(N3CCC(=O)NC3=O)c2)CC1. The number of halogens is 2. The van der Waals surface area contributed by atoms with Crippen LogP contribution >= 0.6 is 34.5 Å². The molecule has 0 spiro atoms. The Hall–Kier alpha value is -5.32. The number of nitrogens with zero attached hydrogens (tertiary/aromatic N) is 6. The van der Waals surface area contributed by atoms with Crippen molar-refractivity contribution < 1.29 is 31.4 Å². The van der Waals surface area contributed by atoms with Gasteiger partial charge in [0.15, 0.2) is 0 Å². The Morgan fingerprint density at radius 1 is 0.918 bits per heavy atom. The minimum Gasteiger partial charge on any atom is -0.496 e. The summed E-state index contributed by atoms with van der Waals surface area (Å²) in [5, 5.41) is 10.2. The number of piperidine rings is 2. The lowest BCUT2D eigenvalue weighted by molar-refractivity contribution is -0.138. The maximum absolute atomic E-state index is 14.0. The monoisotopic (exact) mass is 1050 g/mol. The number of aryl methyl sites for hydroxylation is 1. The van der Waals surface area contributed by atoms with Gasteiger partial charge in [0.2, 0.25) is 11.8 Å². The van der Waals surface area contributed by atoms with Gasteiger partial charge < -0.3 is 29.5 Å². The lowest BCUT2D eigenvalue weighted by Crippen LogP contribution is -2.49. The number of anilines is 2. The molecule has 1 aliphatic carbocycles. The summed E-state index contributed by atoms with van der Waals surface area (Å²) in [6, 6.07) is 16.7. The number of likely N-dealkylation sites (tertiary alicyclic amines) is 2. The van der Waals surface area contributed by atoms with Crippen molar-refractivity contribution in [3.05, 3.63) is 97.4 Å². The highest BCUT2D eigenvalue weighted by Gasteiger charge is 2.34. The predicted molar refractivity (Wildman–Crippen MR) is 290 cm³/mol. The first-order valence-corrected chi connectivity index (χ1v) is 27.4. The number of carbonyl (C=O) groups is 4. The highest BCUT2D eigenvalue weighted by Crippen LogP contribution is 2.44. The number of aromatic nitrogens is 2. The minimum atomic E-state index is -1.84. The molecule has 2 aromatic heterocycles. The Morgan fingerprint density at radius 3 is 2.38 bits per heavy atom. The zero-order chi connectivity index (χ0) is 53.1. The number of hydrogen-bond donors (Lipinski definition) is 2. The van der Waals surface area contributed by atoms with Gasteiger partial charge in [-0.05, 0) is 162 Å². The summed E-state index contributed by atoms with van der Waals surface area (Å²) in [6.45, 7) is 5.58. The lowest BCUT2D eigenvalue weighted by atomic mass is 9.77. The predicted octanol–water partition coefficient (Wildman–Crippen LogP) is 11.1. The number of amides is 5. The molecule has 17 heteroatoms. The van der Waals surface area contributed by atoms with Crippen molar-refractivity contribution in [3.63, 3.8) is 0 Å². The maximum Gasteiger partial charge on any atom is 0.328 e. The van der Waals surface area contributed by atoms with Gasteiger partial charge in [0.1, 0.15) is 17.4 Å². The van der Waals surface area contributed by atoms with E-state index in [1.54, 1.807) is 41.5 Å². The molecule has 5 aromatic rings. The normalized spacial score (nSPS) is 20.2. The Kier molecular flexibility index (Phi) is 16.0. The molecule has 4 fully saturated rings. The zero-order valence-electron chi connectivity index (χ0n) is 44.5. The molecule has 3 saturated heterocycles. The highest BCUT2D eigenvalue weighted by atomic mass is 35.5. The second-order valence-corrected chi connectivity index (χ2v) is 22.2. The number of thiophene rings is 1. The summed E-state index contributed by atoms with van der Waals surface area (Å²) in [4.78, 5) is 69.8. The molecule has 0 bridgehead atoms. The molecule has 3 aliphatic heterocycles. The fourth-order valence-corrected chi connectivity index (χ4v) is 12.5. The minimum absolute atomic E-state index is 0.0227. The molecular weight excluding hydrogens is 984 g/mol. The summed E-state index contributed by atoms with van der Waals surface area (Å²) < 4.78 is 29.6. The molecule has 3 aromatic carbocycles. The van der Waals surface area contributed by atoms with E-state index in [2.05, 4.69) is 60.1 Å². The van der Waals surface area contributed by atoms with Crippen molar-refractivity contribution in [1.82, 2.24) is 30.0 Å². The van der Waals surface area contributed by atoms with Crippen LogP contribution in [0.25, 0.3) is 22.0 Å². The first-order chi connectivity index (χ1) is 36.0. The van der Waals surface area contributed by atoms with Crippen molar-refractivity contribution in [2.24, 2.45) is 17.8 Å². The molecule has 388 valence electrons. The summed E-state index contributed by atoms with van der Waals surface area (Å²) in [6.07, 6.45) is 6.83. The number of methoxy groups -OCH3 is 1. The van der Waals surface area contributed by atoms with Crippen LogP contribution in [0.4, 0.5) is 16.3 Å². The molecule has 5 heterocycles. The standard InChI is InChI=1S/C56H68Cl2N8O6S/c1-34(50-28-42(33-73-50)52-41(31-63(3)4)7-6-8-46(52)58)59-53-44-29-43(49(71-5)30-47(44)60-35(2)61-53)38-9-11-39(12-10-38)54(68)64-21-15-36(16-22-64)20-26-72-32-37-17-23-65(24-18-37)55(69)40-13-14-45(57)48(27-40)66-25-19-51(67)62-56(66)70/h6-8,13-14,27-30,33-34,36-39H,9-12,15-26,31-32H2,1-5H3,(H,59,60,61)(H,62,67,70)/t34-,38?,39?/m1/s1/i32D2. The van der Waals surface area contributed by atoms with Crippen LogP contribution in [0.5, 0.6) is 5.75 Å².